The summed E-state index contributed by atoms with van der Waals surface area (Å²) in [6.07, 6.45) is 0.565. The van der Waals surface area contributed by atoms with Crippen LogP contribution < -0.4 is 11.1 Å². The summed E-state index contributed by atoms with van der Waals surface area (Å²) in [5.74, 6) is -0.927. The number of carbonyl (C=O) groups is 3. The van der Waals surface area contributed by atoms with Crippen LogP contribution in [0.2, 0.25) is 0 Å². The van der Waals surface area contributed by atoms with Crippen molar-refractivity contribution in [2.24, 2.45) is 0 Å². The van der Waals surface area contributed by atoms with Crippen LogP contribution in [0.4, 0.5) is 5.69 Å². The number of carbonyl (C=O) groups excluding carboxylic acids is 3. The van der Waals surface area contributed by atoms with E-state index >= 15 is 0 Å². The van der Waals surface area contributed by atoms with Gasteiger partial charge < -0.3 is 10.6 Å². The maximum absolute atomic E-state index is 12.5. The molecule has 0 aliphatic carbocycles. The van der Waals surface area contributed by atoms with Crippen LogP contribution >= 0.6 is 0 Å². The van der Waals surface area contributed by atoms with Crippen molar-refractivity contribution in [2.75, 3.05) is 5.73 Å². The molecule has 3 N–H and O–H groups in total. The van der Waals surface area contributed by atoms with E-state index in [-0.39, 0.29) is 18.2 Å². The highest BCUT2D eigenvalue weighted by Gasteiger charge is 2.48. The molecule has 2 aliphatic heterocycles. The fraction of sp³-hybridized carbons (Fsp3) is 0.357. The molecular formula is C14H15N3O3. The highest BCUT2D eigenvalue weighted by Crippen LogP contribution is 2.35. The minimum Gasteiger partial charge on any atom is -0.398 e. The summed E-state index contributed by atoms with van der Waals surface area (Å²) in [6.45, 7) is 1.99. The molecule has 1 saturated heterocycles. The Morgan fingerprint density at radius 1 is 1.30 bits per heavy atom. The largest absolute Gasteiger partial charge is 0.398 e. The van der Waals surface area contributed by atoms with Gasteiger partial charge in [0.25, 0.3) is 11.8 Å². The first kappa shape index (κ1) is 12.7. The number of nitrogens with one attached hydrogen (secondary N) is 1. The summed E-state index contributed by atoms with van der Waals surface area (Å²) in [5.41, 5.74) is 6.73. The number of piperidine rings is 1. The summed E-state index contributed by atoms with van der Waals surface area (Å²) in [5, 5.41) is 2.31. The third kappa shape index (κ3) is 1.61. The van der Waals surface area contributed by atoms with E-state index in [0.29, 0.717) is 24.2 Å². The Morgan fingerprint density at radius 3 is 2.70 bits per heavy atom. The highest BCUT2D eigenvalue weighted by atomic mass is 16.2. The lowest BCUT2D eigenvalue weighted by molar-refractivity contribution is -0.142. The third-order valence-electron chi connectivity index (χ3n) is 4.18. The Kier molecular flexibility index (Phi) is 2.57. The number of nitrogen functional groups attached to an aromatic ring is 1. The molecule has 1 fully saturated rings. The minimum absolute atomic E-state index is 0.209. The van der Waals surface area contributed by atoms with Gasteiger partial charge in [-0.15, -0.1) is 0 Å². The molecule has 1 atom stereocenters. The predicted octanol–water partition coefficient (Wildman–Crippen LogP) is 0.420. The molecule has 2 heterocycles. The maximum Gasteiger partial charge on any atom is 0.255 e. The van der Waals surface area contributed by atoms with Gasteiger partial charge in [0.05, 0.1) is 0 Å². The van der Waals surface area contributed by atoms with E-state index in [1.165, 1.54) is 4.90 Å². The van der Waals surface area contributed by atoms with Gasteiger partial charge in [0, 0.05) is 29.8 Å². The van der Waals surface area contributed by atoms with Crippen LogP contribution in [0.25, 0.3) is 0 Å². The number of hydrogen-bond acceptors (Lipinski definition) is 4. The zero-order valence-electron chi connectivity index (χ0n) is 11.1. The Balaban J connectivity index is 1.98. The van der Waals surface area contributed by atoms with Crippen LogP contribution in [-0.4, -0.2) is 28.2 Å². The Hall–Kier alpha value is -2.37. The van der Waals surface area contributed by atoms with Gasteiger partial charge in [-0.05, 0) is 25.5 Å². The fourth-order valence-electron chi connectivity index (χ4n) is 2.81. The minimum atomic E-state index is -1.00. The van der Waals surface area contributed by atoms with Crippen molar-refractivity contribution in [3.63, 3.8) is 0 Å². The molecule has 3 amide bonds. The summed E-state index contributed by atoms with van der Waals surface area (Å²) >= 11 is 0. The van der Waals surface area contributed by atoms with E-state index in [0.717, 1.165) is 5.56 Å². The second-order valence-corrected chi connectivity index (χ2v) is 5.42. The molecule has 6 heteroatoms. The lowest BCUT2D eigenvalue weighted by Crippen LogP contribution is -2.61. The molecular weight excluding hydrogens is 258 g/mol. The Labute approximate surface area is 115 Å². The smallest absolute Gasteiger partial charge is 0.255 e. The summed E-state index contributed by atoms with van der Waals surface area (Å²) < 4.78 is 0. The van der Waals surface area contributed by atoms with Gasteiger partial charge in [-0.25, -0.2) is 0 Å². The zero-order chi connectivity index (χ0) is 14.5. The molecule has 0 radical (unpaired) electrons. The van der Waals surface area contributed by atoms with E-state index in [4.69, 9.17) is 5.73 Å². The van der Waals surface area contributed by atoms with Crippen molar-refractivity contribution in [1.82, 2.24) is 10.2 Å². The molecule has 0 spiro atoms. The summed E-state index contributed by atoms with van der Waals surface area (Å²) in [4.78, 5) is 37.4. The van der Waals surface area contributed by atoms with Crippen molar-refractivity contribution in [3.8, 4) is 0 Å². The molecule has 0 bridgehead atoms. The van der Waals surface area contributed by atoms with Crippen LogP contribution in [0.1, 0.15) is 35.7 Å². The SMILES string of the molecule is C[C@]1(N2Cc3c(N)cccc3C2=O)CCC(=O)NC1=O. The maximum atomic E-state index is 12.5. The van der Waals surface area contributed by atoms with Crippen LogP contribution in [0, 0.1) is 0 Å². The first-order valence-corrected chi connectivity index (χ1v) is 6.47. The number of rotatable bonds is 1. The number of benzene rings is 1. The summed E-state index contributed by atoms with van der Waals surface area (Å²) in [6, 6.07) is 5.17. The Bertz CT molecular complexity index is 641. The standard InChI is InChI=1S/C14H15N3O3/c1-14(6-5-11(18)16-13(14)20)17-7-9-8(12(17)19)3-2-4-10(9)15/h2-4H,5-7,15H2,1H3,(H,16,18,20)/t14-/m0/s1. The van der Waals surface area contributed by atoms with Gasteiger partial charge in [-0.1, -0.05) is 6.07 Å². The van der Waals surface area contributed by atoms with E-state index < -0.39 is 11.4 Å². The lowest BCUT2D eigenvalue weighted by Gasteiger charge is -2.39. The second kappa shape index (κ2) is 4.06. The number of nitrogens with two attached hydrogens (primary N) is 1. The normalized spacial score (nSPS) is 25.6. The molecule has 20 heavy (non-hydrogen) atoms. The van der Waals surface area contributed by atoms with Crippen molar-refractivity contribution >= 4 is 23.4 Å². The van der Waals surface area contributed by atoms with Crippen molar-refractivity contribution in [1.29, 1.82) is 0 Å². The van der Waals surface area contributed by atoms with Gasteiger partial charge in [-0.3, -0.25) is 19.7 Å². The highest BCUT2D eigenvalue weighted by molar-refractivity contribution is 6.07. The number of hydrogen-bond donors (Lipinski definition) is 2. The number of fused-ring (bicyclic) bond motifs is 1. The molecule has 0 unspecified atom stereocenters. The molecule has 104 valence electrons. The molecule has 2 aliphatic rings. The second-order valence-electron chi connectivity index (χ2n) is 5.42. The molecule has 0 saturated carbocycles. The van der Waals surface area contributed by atoms with Crippen LogP contribution in [-0.2, 0) is 16.1 Å². The number of amides is 3. The molecule has 6 nitrogen and oxygen atoms in total. The van der Waals surface area contributed by atoms with E-state index in [2.05, 4.69) is 5.32 Å². The monoisotopic (exact) mass is 273 g/mol. The topological polar surface area (TPSA) is 92.5 Å². The molecule has 0 aromatic heterocycles. The average Bonchev–Trinajstić information content (AvgIpc) is 2.75. The average molecular weight is 273 g/mol. The number of imide groups is 1. The zero-order valence-corrected chi connectivity index (χ0v) is 11.1. The van der Waals surface area contributed by atoms with Crippen LogP contribution in [0.3, 0.4) is 0 Å². The van der Waals surface area contributed by atoms with Gasteiger partial charge in [0.1, 0.15) is 5.54 Å². The summed E-state index contributed by atoms with van der Waals surface area (Å²) in [7, 11) is 0. The van der Waals surface area contributed by atoms with Crippen molar-refractivity contribution in [2.45, 2.75) is 31.8 Å². The molecule has 1 aromatic rings. The van der Waals surface area contributed by atoms with Crippen LogP contribution in [0.15, 0.2) is 18.2 Å². The number of nitrogens with zero attached hydrogens (tertiary/aromatic N) is 1. The molecule has 1 aromatic carbocycles. The first-order chi connectivity index (χ1) is 9.43. The lowest BCUT2D eigenvalue weighted by atomic mass is 9.89. The van der Waals surface area contributed by atoms with Crippen molar-refractivity contribution in [3.05, 3.63) is 29.3 Å². The quantitative estimate of drug-likeness (QED) is 0.573. The van der Waals surface area contributed by atoms with Crippen molar-refractivity contribution < 1.29 is 14.4 Å². The van der Waals surface area contributed by atoms with E-state index in [1.54, 1.807) is 25.1 Å². The first-order valence-electron chi connectivity index (χ1n) is 6.47. The van der Waals surface area contributed by atoms with Gasteiger partial charge in [0.2, 0.25) is 5.91 Å². The van der Waals surface area contributed by atoms with Gasteiger partial charge in [-0.2, -0.15) is 0 Å². The Morgan fingerprint density at radius 2 is 2.05 bits per heavy atom. The molecule has 3 rings (SSSR count). The van der Waals surface area contributed by atoms with Gasteiger partial charge >= 0.3 is 0 Å². The predicted molar refractivity (Wildman–Crippen MR) is 71.5 cm³/mol. The van der Waals surface area contributed by atoms with Crippen LogP contribution in [0.5, 0.6) is 0 Å². The van der Waals surface area contributed by atoms with Gasteiger partial charge in [0.15, 0.2) is 0 Å². The number of anilines is 1. The third-order valence-corrected chi connectivity index (χ3v) is 4.18. The van der Waals surface area contributed by atoms with E-state index in [9.17, 15) is 14.4 Å². The van der Waals surface area contributed by atoms with E-state index in [1.807, 2.05) is 0 Å². The fourth-order valence-corrected chi connectivity index (χ4v) is 2.81.